The van der Waals surface area contributed by atoms with Crippen molar-refractivity contribution in [1.82, 2.24) is 14.7 Å². The lowest BCUT2D eigenvalue weighted by Crippen LogP contribution is -2.47. The van der Waals surface area contributed by atoms with E-state index in [1.54, 1.807) is 0 Å². The molecule has 0 aliphatic carbocycles. The maximum atomic E-state index is 6.14. The van der Waals surface area contributed by atoms with Gasteiger partial charge in [0.05, 0.1) is 12.2 Å². The fourth-order valence-electron chi connectivity index (χ4n) is 3.26. The molecule has 2 heterocycles. The van der Waals surface area contributed by atoms with E-state index in [1.807, 2.05) is 0 Å². The zero-order valence-electron chi connectivity index (χ0n) is 13.3. The predicted molar refractivity (Wildman–Crippen MR) is 79.5 cm³/mol. The van der Waals surface area contributed by atoms with Gasteiger partial charge < -0.3 is 14.5 Å². The van der Waals surface area contributed by atoms with Crippen molar-refractivity contribution >= 4 is 0 Å². The first-order chi connectivity index (χ1) is 8.95. The van der Waals surface area contributed by atoms with Crippen LogP contribution in [0.15, 0.2) is 0 Å². The lowest BCUT2D eigenvalue weighted by atomic mass is 10.00. The second-order valence-electron chi connectivity index (χ2n) is 6.91. The van der Waals surface area contributed by atoms with E-state index in [2.05, 4.69) is 49.7 Å². The summed E-state index contributed by atoms with van der Waals surface area (Å²) in [5, 5.41) is 0. The molecule has 2 saturated heterocycles. The molecule has 0 amide bonds. The lowest BCUT2D eigenvalue weighted by molar-refractivity contribution is -0.0572. The average Bonchev–Trinajstić information content (AvgIpc) is 2.61. The molecule has 0 saturated carbocycles. The summed E-state index contributed by atoms with van der Waals surface area (Å²) in [4.78, 5) is 7.30. The zero-order valence-corrected chi connectivity index (χ0v) is 13.3. The summed E-state index contributed by atoms with van der Waals surface area (Å²) in [7, 11) is 6.52. The first-order valence-corrected chi connectivity index (χ1v) is 7.68. The Kier molecular flexibility index (Phi) is 5.23. The molecular formula is C15H31N3O. The maximum absolute atomic E-state index is 6.14. The standard InChI is InChI=1S/C15H31N3O/c1-12(2)18-10-14-8-13(15(11-18)19-14)9-17(5)7-6-16(3)4/h12-15H,6-11H2,1-5H3. The van der Waals surface area contributed by atoms with Gasteiger partial charge in [0.1, 0.15) is 0 Å². The molecule has 0 N–H and O–H groups in total. The molecule has 0 aromatic heterocycles. The molecule has 19 heavy (non-hydrogen) atoms. The van der Waals surface area contributed by atoms with Crippen LogP contribution in [0.3, 0.4) is 0 Å². The number of fused-ring (bicyclic) bond motifs is 2. The van der Waals surface area contributed by atoms with Gasteiger partial charge in [-0.1, -0.05) is 0 Å². The van der Waals surface area contributed by atoms with E-state index in [1.165, 1.54) is 13.0 Å². The summed E-state index contributed by atoms with van der Waals surface area (Å²) in [5.74, 6) is 0.723. The van der Waals surface area contributed by atoms with E-state index in [9.17, 15) is 0 Å². The maximum Gasteiger partial charge on any atom is 0.0747 e. The molecule has 0 aromatic rings. The highest BCUT2D eigenvalue weighted by Crippen LogP contribution is 2.32. The Hall–Kier alpha value is -0.160. The minimum absolute atomic E-state index is 0.461. The highest BCUT2D eigenvalue weighted by Gasteiger charge is 2.41. The molecule has 3 unspecified atom stereocenters. The fraction of sp³-hybridized carbons (Fsp3) is 1.00. The number of likely N-dealkylation sites (tertiary alicyclic amines) is 1. The van der Waals surface area contributed by atoms with Gasteiger partial charge in [-0.25, -0.2) is 0 Å². The van der Waals surface area contributed by atoms with Gasteiger partial charge in [-0.05, 0) is 41.4 Å². The smallest absolute Gasteiger partial charge is 0.0747 e. The van der Waals surface area contributed by atoms with Crippen LogP contribution in [0, 0.1) is 5.92 Å². The Morgan fingerprint density at radius 3 is 2.53 bits per heavy atom. The summed E-state index contributed by atoms with van der Waals surface area (Å²) in [6, 6.07) is 0.652. The quantitative estimate of drug-likeness (QED) is 0.715. The van der Waals surface area contributed by atoms with Crippen LogP contribution in [0.1, 0.15) is 20.3 Å². The SMILES string of the molecule is CC(C)N1CC2CC(CN(C)CCN(C)C)C(C1)O2. The predicted octanol–water partition coefficient (Wildman–Crippen LogP) is 0.978. The number of ether oxygens (including phenoxy) is 1. The van der Waals surface area contributed by atoms with Crippen molar-refractivity contribution in [3.05, 3.63) is 0 Å². The minimum atomic E-state index is 0.461. The number of rotatable bonds is 6. The molecule has 2 aliphatic rings. The Morgan fingerprint density at radius 1 is 1.16 bits per heavy atom. The van der Waals surface area contributed by atoms with Gasteiger partial charge in [0.2, 0.25) is 0 Å². The Morgan fingerprint density at radius 2 is 1.89 bits per heavy atom. The van der Waals surface area contributed by atoms with E-state index in [0.29, 0.717) is 18.2 Å². The highest BCUT2D eigenvalue weighted by molar-refractivity contribution is 4.92. The molecule has 4 heteroatoms. The van der Waals surface area contributed by atoms with Crippen molar-refractivity contribution < 1.29 is 4.74 Å². The van der Waals surface area contributed by atoms with E-state index >= 15 is 0 Å². The average molecular weight is 269 g/mol. The summed E-state index contributed by atoms with van der Waals surface area (Å²) in [6.07, 6.45) is 2.19. The second-order valence-corrected chi connectivity index (χ2v) is 6.91. The minimum Gasteiger partial charge on any atom is -0.372 e. The zero-order chi connectivity index (χ0) is 14.0. The molecule has 0 aromatic carbocycles. The lowest BCUT2D eigenvalue weighted by Gasteiger charge is -2.36. The third kappa shape index (κ3) is 4.15. The third-order valence-electron chi connectivity index (χ3n) is 4.52. The summed E-state index contributed by atoms with van der Waals surface area (Å²) >= 11 is 0. The first kappa shape index (κ1) is 15.2. The molecule has 2 rings (SSSR count). The van der Waals surface area contributed by atoms with Crippen LogP contribution >= 0.6 is 0 Å². The number of nitrogens with zero attached hydrogens (tertiary/aromatic N) is 3. The normalized spacial score (nSPS) is 31.9. The molecule has 0 radical (unpaired) electrons. The second kappa shape index (κ2) is 6.53. The summed E-state index contributed by atoms with van der Waals surface area (Å²) in [6.45, 7) is 10.3. The van der Waals surface area contributed by atoms with Crippen molar-refractivity contribution in [2.75, 3.05) is 53.9 Å². The van der Waals surface area contributed by atoms with E-state index in [0.717, 1.165) is 32.1 Å². The van der Waals surface area contributed by atoms with Crippen LogP contribution in [0.2, 0.25) is 0 Å². The van der Waals surface area contributed by atoms with Crippen LogP contribution in [-0.2, 0) is 4.74 Å². The molecule has 0 spiro atoms. The number of hydrogen-bond donors (Lipinski definition) is 0. The molecular weight excluding hydrogens is 238 g/mol. The van der Waals surface area contributed by atoms with Crippen LogP contribution in [0.25, 0.3) is 0 Å². The van der Waals surface area contributed by atoms with Crippen molar-refractivity contribution in [3.63, 3.8) is 0 Å². The van der Waals surface area contributed by atoms with Crippen molar-refractivity contribution in [2.24, 2.45) is 5.92 Å². The Bertz CT molecular complexity index is 283. The van der Waals surface area contributed by atoms with Crippen molar-refractivity contribution in [1.29, 1.82) is 0 Å². The number of morpholine rings is 1. The third-order valence-corrected chi connectivity index (χ3v) is 4.52. The largest absolute Gasteiger partial charge is 0.372 e. The molecule has 4 nitrogen and oxygen atoms in total. The number of likely N-dealkylation sites (N-methyl/N-ethyl adjacent to an activating group) is 2. The van der Waals surface area contributed by atoms with Gasteiger partial charge in [-0.15, -0.1) is 0 Å². The fourth-order valence-corrected chi connectivity index (χ4v) is 3.26. The molecule has 2 aliphatic heterocycles. The monoisotopic (exact) mass is 269 g/mol. The topological polar surface area (TPSA) is 19.0 Å². The van der Waals surface area contributed by atoms with E-state index < -0.39 is 0 Å². The van der Waals surface area contributed by atoms with Gasteiger partial charge in [0.15, 0.2) is 0 Å². The molecule has 3 atom stereocenters. The Balaban J connectivity index is 1.80. The summed E-state index contributed by atoms with van der Waals surface area (Å²) in [5.41, 5.74) is 0. The van der Waals surface area contributed by atoms with E-state index in [4.69, 9.17) is 4.74 Å². The Labute approximate surface area is 118 Å². The summed E-state index contributed by atoms with van der Waals surface area (Å²) < 4.78 is 6.14. The van der Waals surface area contributed by atoms with Crippen LogP contribution in [-0.4, -0.2) is 86.8 Å². The molecule has 2 fully saturated rings. The number of hydrogen-bond acceptors (Lipinski definition) is 4. The first-order valence-electron chi connectivity index (χ1n) is 7.68. The molecule has 112 valence electrons. The van der Waals surface area contributed by atoms with E-state index in [-0.39, 0.29) is 0 Å². The highest BCUT2D eigenvalue weighted by atomic mass is 16.5. The van der Waals surface area contributed by atoms with Crippen LogP contribution < -0.4 is 0 Å². The molecule has 2 bridgehead atoms. The van der Waals surface area contributed by atoms with Crippen LogP contribution in [0.5, 0.6) is 0 Å². The van der Waals surface area contributed by atoms with Crippen LogP contribution in [0.4, 0.5) is 0 Å². The van der Waals surface area contributed by atoms with Crippen molar-refractivity contribution in [2.45, 2.75) is 38.5 Å². The van der Waals surface area contributed by atoms with Gasteiger partial charge in [0.25, 0.3) is 0 Å². The van der Waals surface area contributed by atoms with Gasteiger partial charge in [-0.2, -0.15) is 0 Å². The van der Waals surface area contributed by atoms with Gasteiger partial charge in [0, 0.05) is 44.7 Å². The van der Waals surface area contributed by atoms with Crippen molar-refractivity contribution in [3.8, 4) is 0 Å². The van der Waals surface area contributed by atoms with Gasteiger partial charge in [-0.3, -0.25) is 4.90 Å². The van der Waals surface area contributed by atoms with Gasteiger partial charge >= 0.3 is 0 Å².